The molecule has 1 amide bonds. The average molecular weight is 310 g/mol. The molecule has 0 aromatic heterocycles. The zero-order valence-corrected chi connectivity index (χ0v) is 14.0. The fraction of sp³-hybridized carbons (Fsp3) is 0.882. The van der Waals surface area contributed by atoms with Gasteiger partial charge < -0.3 is 15.4 Å². The van der Waals surface area contributed by atoms with E-state index in [0.29, 0.717) is 31.1 Å². The molecule has 0 aromatic carbocycles. The van der Waals surface area contributed by atoms with Crippen LogP contribution in [0.25, 0.3) is 0 Å². The van der Waals surface area contributed by atoms with Crippen molar-refractivity contribution in [3.63, 3.8) is 0 Å². The lowest BCUT2D eigenvalue weighted by atomic mass is 9.77. The van der Waals surface area contributed by atoms with E-state index in [9.17, 15) is 9.59 Å². The van der Waals surface area contributed by atoms with Crippen LogP contribution >= 0.6 is 0 Å². The van der Waals surface area contributed by atoms with Crippen LogP contribution in [0.2, 0.25) is 0 Å². The normalized spacial score (nSPS) is 29.8. The van der Waals surface area contributed by atoms with Gasteiger partial charge in [0.1, 0.15) is 5.54 Å². The van der Waals surface area contributed by atoms with Gasteiger partial charge in [0.25, 0.3) is 0 Å². The molecule has 2 rings (SSSR count). The van der Waals surface area contributed by atoms with Crippen molar-refractivity contribution in [3.8, 4) is 0 Å². The highest BCUT2D eigenvalue weighted by molar-refractivity contribution is 5.88. The van der Waals surface area contributed by atoms with E-state index in [1.807, 2.05) is 0 Å². The van der Waals surface area contributed by atoms with Gasteiger partial charge in [-0.2, -0.15) is 0 Å². The second-order valence-corrected chi connectivity index (χ2v) is 7.04. The Hall–Kier alpha value is -1.10. The SMILES string of the molecule is COC(=O)C1(NC(=O)CCC2CCNCC2)CCC(C)CC1. The lowest BCUT2D eigenvalue weighted by Crippen LogP contribution is -2.56. The molecule has 22 heavy (non-hydrogen) atoms. The van der Waals surface area contributed by atoms with Gasteiger partial charge in [0.2, 0.25) is 5.91 Å². The van der Waals surface area contributed by atoms with Crippen molar-refractivity contribution in [1.82, 2.24) is 10.6 Å². The standard InChI is InChI=1S/C17H30N2O3/c1-13-5-9-17(10-6-13,16(21)22-2)19-15(20)4-3-14-7-11-18-12-8-14/h13-14,18H,3-12H2,1-2H3,(H,19,20). The Bertz CT molecular complexity index is 383. The molecule has 1 aliphatic heterocycles. The summed E-state index contributed by atoms with van der Waals surface area (Å²) < 4.78 is 4.96. The lowest BCUT2D eigenvalue weighted by molar-refractivity contribution is -0.153. The third-order valence-corrected chi connectivity index (χ3v) is 5.32. The van der Waals surface area contributed by atoms with E-state index >= 15 is 0 Å². The van der Waals surface area contributed by atoms with E-state index in [2.05, 4.69) is 17.6 Å². The molecule has 1 heterocycles. The maximum atomic E-state index is 12.3. The molecule has 0 unspecified atom stereocenters. The van der Waals surface area contributed by atoms with Gasteiger partial charge in [0.05, 0.1) is 7.11 Å². The number of nitrogens with one attached hydrogen (secondary N) is 2. The first-order valence-electron chi connectivity index (χ1n) is 8.66. The number of rotatable bonds is 5. The molecule has 1 aliphatic carbocycles. The Labute approximate surface area is 133 Å². The van der Waals surface area contributed by atoms with E-state index in [0.717, 1.165) is 45.2 Å². The first-order chi connectivity index (χ1) is 10.6. The van der Waals surface area contributed by atoms with Gasteiger partial charge >= 0.3 is 5.97 Å². The zero-order chi connectivity index (χ0) is 16.0. The van der Waals surface area contributed by atoms with Gasteiger partial charge in [-0.3, -0.25) is 4.79 Å². The Morgan fingerprint density at radius 1 is 1.18 bits per heavy atom. The number of hydrogen-bond donors (Lipinski definition) is 2. The van der Waals surface area contributed by atoms with Gasteiger partial charge in [0.15, 0.2) is 0 Å². The minimum absolute atomic E-state index is 0.00140. The van der Waals surface area contributed by atoms with Crippen molar-refractivity contribution < 1.29 is 14.3 Å². The third-order valence-electron chi connectivity index (χ3n) is 5.32. The minimum Gasteiger partial charge on any atom is -0.467 e. The number of ether oxygens (including phenoxy) is 1. The number of piperidine rings is 1. The summed E-state index contributed by atoms with van der Waals surface area (Å²) in [6.07, 6.45) is 7.03. The van der Waals surface area contributed by atoms with Gasteiger partial charge in [-0.05, 0) is 69.9 Å². The number of hydrogen-bond acceptors (Lipinski definition) is 4. The summed E-state index contributed by atoms with van der Waals surface area (Å²) in [5.74, 6) is 0.963. The molecule has 126 valence electrons. The molecule has 0 spiro atoms. The van der Waals surface area contributed by atoms with E-state index in [1.165, 1.54) is 7.11 Å². The maximum absolute atomic E-state index is 12.3. The van der Waals surface area contributed by atoms with E-state index in [1.54, 1.807) is 0 Å². The van der Waals surface area contributed by atoms with Gasteiger partial charge in [-0.1, -0.05) is 6.92 Å². The number of carbonyl (C=O) groups is 2. The highest BCUT2D eigenvalue weighted by Crippen LogP contribution is 2.33. The van der Waals surface area contributed by atoms with Crippen LogP contribution in [-0.2, 0) is 14.3 Å². The number of methoxy groups -OCH3 is 1. The molecule has 0 bridgehead atoms. The van der Waals surface area contributed by atoms with Crippen molar-refractivity contribution in [2.24, 2.45) is 11.8 Å². The van der Waals surface area contributed by atoms with Crippen LogP contribution in [0, 0.1) is 11.8 Å². The van der Waals surface area contributed by atoms with Crippen LogP contribution in [-0.4, -0.2) is 37.6 Å². The van der Waals surface area contributed by atoms with Crippen molar-refractivity contribution >= 4 is 11.9 Å². The monoisotopic (exact) mass is 310 g/mol. The molecule has 0 aromatic rings. The number of carbonyl (C=O) groups excluding carboxylic acids is 2. The second-order valence-electron chi connectivity index (χ2n) is 7.04. The molecular formula is C17H30N2O3. The Morgan fingerprint density at radius 3 is 2.41 bits per heavy atom. The van der Waals surface area contributed by atoms with E-state index < -0.39 is 5.54 Å². The summed E-state index contributed by atoms with van der Waals surface area (Å²) in [4.78, 5) is 24.5. The zero-order valence-electron chi connectivity index (χ0n) is 14.0. The van der Waals surface area contributed by atoms with E-state index in [-0.39, 0.29) is 11.9 Å². The third kappa shape index (κ3) is 4.45. The summed E-state index contributed by atoms with van der Waals surface area (Å²) in [6.45, 7) is 4.30. The second kappa shape index (κ2) is 7.95. The predicted molar refractivity (Wildman–Crippen MR) is 85.3 cm³/mol. The molecule has 5 heteroatoms. The highest BCUT2D eigenvalue weighted by Gasteiger charge is 2.43. The topological polar surface area (TPSA) is 67.4 Å². The van der Waals surface area contributed by atoms with Crippen molar-refractivity contribution in [2.75, 3.05) is 20.2 Å². The molecule has 2 N–H and O–H groups in total. The van der Waals surface area contributed by atoms with Crippen molar-refractivity contribution in [3.05, 3.63) is 0 Å². The largest absolute Gasteiger partial charge is 0.467 e. The van der Waals surface area contributed by atoms with Gasteiger partial charge in [-0.25, -0.2) is 4.79 Å². The van der Waals surface area contributed by atoms with Crippen molar-refractivity contribution in [2.45, 2.75) is 63.8 Å². The van der Waals surface area contributed by atoms with Crippen LogP contribution in [0.5, 0.6) is 0 Å². The molecule has 2 fully saturated rings. The van der Waals surface area contributed by atoms with E-state index in [4.69, 9.17) is 4.74 Å². The number of esters is 1. The fourth-order valence-electron chi connectivity index (χ4n) is 3.67. The fourth-order valence-corrected chi connectivity index (χ4v) is 3.67. The quantitative estimate of drug-likeness (QED) is 0.762. The Balaban J connectivity index is 1.86. The maximum Gasteiger partial charge on any atom is 0.331 e. The molecule has 0 radical (unpaired) electrons. The minimum atomic E-state index is -0.785. The highest BCUT2D eigenvalue weighted by atomic mass is 16.5. The molecule has 1 saturated heterocycles. The molecule has 5 nitrogen and oxygen atoms in total. The van der Waals surface area contributed by atoms with Crippen LogP contribution in [0.1, 0.15) is 58.3 Å². The molecule has 0 atom stereocenters. The summed E-state index contributed by atoms with van der Waals surface area (Å²) in [5.41, 5.74) is -0.785. The van der Waals surface area contributed by atoms with Crippen LogP contribution in [0.15, 0.2) is 0 Å². The van der Waals surface area contributed by atoms with Crippen LogP contribution < -0.4 is 10.6 Å². The number of amides is 1. The molecule has 1 saturated carbocycles. The van der Waals surface area contributed by atoms with Crippen molar-refractivity contribution in [1.29, 1.82) is 0 Å². The Morgan fingerprint density at radius 2 is 1.82 bits per heavy atom. The average Bonchev–Trinajstić information content (AvgIpc) is 2.55. The van der Waals surface area contributed by atoms with Gasteiger partial charge in [-0.15, -0.1) is 0 Å². The summed E-state index contributed by atoms with van der Waals surface area (Å²) >= 11 is 0. The first-order valence-corrected chi connectivity index (χ1v) is 8.66. The molecule has 2 aliphatic rings. The van der Waals surface area contributed by atoms with Gasteiger partial charge in [0, 0.05) is 6.42 Å². The first kappa shape index (κ1) is 17.3. The summed E-state index contributed by atoms with van der Waals surface area (Å²) in [5, 5.41) is 6.35. The Kier molecular flexibility index (Phi) is 6.24. The predicted octanol–water partition coefficient (Wildman–Crippen LogP) is 2.00. The molecular weight excluding hydrogens is 280 g/mol. The summed E-state index contributed by atoms with van der Waals surface area (Å²) in [7, 11) is 1.41. The van der Waals surface area contributed by atoms with Crippen LogP contribution in [0.3, 0.4) is 0 Å². The smallest absolute Gasteiger partial charge is 0.331 e. The lowest BCUT2D eigenvalue weighted by Gasteiger charge is -2.37. The van der Waals surface area contributed by atoms with Crippen LogP contribution in [0.4, 0.5) is 0 Å². The summed E-state index contributed by atoms with van der Waals surface area (Å²) in [6, 6.07) is 0.